The minimum absolute atomic E-state index is 0.00106. The van der Waals surface area contributed by atoms with E-state index in [0.29, 0.717) is 0 Å². The molecule has 0 aliphatic rings. The van der Waals surface area contributed by atoms with Gasteiger partial charge in [0.25, 0.3) is 0 Å². The molecule has 1 unspecified atom stereocenters. The van der Waals surface area contributed by atoms with Crippen molar-refractivity contribution in [3.05, 3.63) is 29.3 Å². The highest BCUT2D eigenvalue weighted by Gasteiger charge is 2.31. The van der Waals surface area contributed by atoms with Crippen LogP contribution in [0.15, 0.2) is 18.2 Å². The molecule has 6 nitrogen and oxygen atoms in total. The number of aliphatic hydroxyl groups is 1. The summed E-state index contributed by atoms with van der Waals surface area (Å²) in [5.41, 5.74) is -0.0865. The number of hydrogen-bond donors (Lipinski definition) is 2. The molecule has 0 aromatic heterocycles. The fraction of sp³-hybridized carbons (Fsp3) is 0.385. The molecule has 0 saturated carbocycles. The first kappa shape index (κ1) is 17.8. The summed E-state index contributed by atoms with van der Waals surface area (Å²) in [4.78, 5) is 21.8. The number of aliphatic hydroxyl groups excluding tert-OH is 1. The van der Waals surface area contributed by atoms with Crippen LogP contribution in [-0.4, -0.2) is 35.6 Å². The lowest BCUT2D eigenvalue weighted by Crippen LogP contribution is -2.18. The minimum Gasteiger partial charge on any atom is -0.479 e. The molecular weight excluding hydrogens is 309 g/mol. The molecule has 0 bridgehead atoms. The number of esters is 1. The third-order valence-electron chi connectivity index (χ3n) is 2.62. The zero-order valence-corrected chi connectivity index (χ0v) is 11.4. The van der Waals surface area contributed by atoms with E-state index in [2.05, 4.69) is 9.47 Å². The Hall–Kier alpha value is -2.29. The number of hydrogen-bond acceptors (Lipinski definition) is 5. The summed E-state index contributed by atoms with van der Waals surface area (Å²) < 4.78 is 44.9. The van der Waals surface area contributed by atoms with Crippen molar-refractivity contribution in [3.63, 3.8) is 0 Å². The van der Waals surface area contributed by atoms with Crippen molar-refractivity contribution in [2.45, 2.75) is 25.3 Å². The smallest absolute Gasteiger partial charge is 0.479 e. The van der Waals surface area contributed by atoms with Crippen molar-refractivity contribution < 1.29 is 42.4 Å². The Balaban J connectivity index is 3.09. The molecule has 1 atom stereocenters. The van der Waals surface area contributed by atoms with Crippen LogP contribution < -0.4 is 4.74 Å². The third kappa shape index (κ3) is 5.60. The van der Waals surface area contributed by atoms with E-state index in [0.717, 1.165) is 19.2 Å². The van der Waals surface area contributed by atoms with Crippen LogP contribution in [0, 0.1) is 0 Å². The lowest BCUT2D eigenvalue weighted by atomic mass is 10.0. The number of alkyl halides is 3. The van der Waals surface area contributed by atoms with Gasteiger partial charge in [0.1, 0.15) is 5.75 Å². The van der Waals surface area contributed by atoms with Gasteiger partial charge >= 0.3 is 18.3 Å². The van der Waals surface area contributed by atoms with Gasteiger partial charge in [0, 0.05) is 6.42 Å². The van der Waals surface area contributed by atoms with Crippen molar-refractivity contribution in [2.24, 2.45) is 0 Å². The summed E-state index contributed by atoms with van der Waals surface area (Å²) in [5, 5.41) is 18.2. The van der Waals surface area contributed by atoms with Crippen LogP contribution in [0.25, 0.3) is 0 Å². The van der Waals surface area contributed by atoms with Gasteiger partial charge in [0.2, 0.25) is 0 Å². The highest BCUT2D eigenvalue weighted by Crippen LogP contribution is 2.28. The molecule has 2 N–H and O–H groups in total. The molecule has 1 aromatic carbocycles. The van der Waals surface area contributed by atoms with Crippen LogP contribution in [0.5, 0.6) is 5.75 Å². The Labute approximate surface area is 123 Å². The average Bonchev–Trinajstić information content (AvgIpc) is 2.41. The number of benzene rings is 1. The Bertz CT molecular complexity index is 555. The van der Waals surface area contributed by atoms with Gasteiger partial charge in [-0.1, -0.05) is 6.07 Å². The molecule has 0 aliphatic carbocycles. The van der Waals surface area contributed by atoms with Crippen molar-refractivity contribution in [1.82, 2.24) is 0 Å². The Kier molecular flexibility index (Phi) is 5.75. The quantitative estimate of drug-likeness (QED) is 0.776. The molecular formula is C13H13F3O6. The average molecular weight is 322 g/mol. The number of rotatable bonds is 6. The molecule has 1 rings (SSSR count). The molecule has 0 amide bonds. The van der Waals surface area contributed by atoms with Crippen LogP contribution in [0.1, 0.15) is 23.7 Å². The van der Waals surface area contributed by atoms with E-state index in [1.54, 1.807) is 0 Å². The van der Waals surface area contributed by atoms with Crippen molar-refractivity contribution in [2.75, 3.05) is 7.11 Å². The molecule has 0 aliphatic heterocycles. The maximum absolute atomic E-state index is 12.3. The highest BCUT2D eigenvalue weighted by atomic mass is 19.4. The van der Waals surface area contributed by atoms with Gasteiger partial charge < -0.3 is 19.7 Å². The molecule has 0 heterocycles. The Morgan fingerprint density at radius 3 is 2.41 bits per heavy atom. The molecule has 122 valence electrons. The van der Waals surface area contributed by atoms with Crippen molar-refractivity contribution in [1.29, 1.82) is 0 Å². The van der Waals surface area contributed by atoms with Crippen molar-refractivity contribution >= 4 is 11.9 Å². The monoisotopic (exact) mass is 322 g/mol. The second kappa shape index (κ2) is 7.12. The number of carboxylic acids is 1. The molecule has 0 spiro atoms. The second-order valence-corrected chi connectivity index (χ2v) is 4.28. The van der Waals surface area contributed by atoms with E-state index >= 15 is 0 Å². The van der Waals surface area contributed by atoms with E-state index in [9.17, 15) is 27.9 Å². The second-order valence-electron chi connectivity index (χ2n) is 4.28. The summed E-state index contributed by atoms with van der Waals surface area (Å²) >= 11 is 0. The number of ether oxygens (including phenoxy) is 2. The molecule has 0 fully saturated rings. The van der Waals surface area contributed by atoms with Crippen LogP contribution >= 0.6 is 0 Å². The van der Waals surface area contributed by atoms with Crippen LogP contribution in [0.4, 0.5) is 13.2 Å². The standard InChI is InChI=1S/C13H13F3O6/c1-21-10(17)3-2-7-4-8(11(18)12(19)20)6-9(5-7)22-13(14,15)16/h4-6,11,18H,2-3H2,1H3,(H,19,20). The molecule has 9 heteroatoms. The normalized spacial score (nSPS) is 12.6. The molecule has 0 saturated heterocycles. The lowest BCUT2D eigenvalue weighted by Gasteiger charge is -2.14. The Morgan fingerprint density at radius 2 is 1.91 bits per heavy atom. The number of aryl methyl sites for hydroxylation is 1. The van der Waals surface area contributed by atoms with Gasteiger partial charge in [0.15, 0.2) is 6.10 Å². The number of carbonyl (C=O) groups excluding carboxylic acids is 1. The number of halogens is 3. The van der Waals surface area contributed by atoms with Crippen LogP contribution in [0.2, 0.25) is 0 Å². The van der Waals surface area contributed by atoms with Gasteiger partial charge in [-0.05, 0) is 29.7 Å². The van der Waals surface area contributed by atoms with Crippen LogP contribution in [0.3, 0.4) is 0 Å². The lowest BCUT2D eigenvalue weighted by molar-refractivity contribution is -0.274. The van der Waals surface area contributed by atoms with Gasteiger partial charge in [-0.3, -0.25) is 4.79 Å². The van der Waals surface area contributed by atoms with Gasteiger partial charge in [-0.25, -0.2) is 4.79 Å². The van der Waals surface area contributed by atoms with E-state index < -0.39 is 30.2 Å². The van der Waals surface area contributed by atoms with Gasteiger partial charge in [-0.15, -0.1) is 13.2 Å². The zero-order chi connectivity index (χ0) is 16.9. The fourth-order valence-corrected chi connectivity index (χ4v) is 1.67. The minimum atomic E-state index is -4.97. The summed E-state index contributed by atoms with van der Waals surface area (Å²) in [6.07, 6.45) is -7.09. The number of methoxy groups -OCH3 is 1. The zero-order valence-electron chi connectivity index (χ0n) is 11.4. The summed E-state index contributed by atoms with van der Waals surface area (Å²) in [6.45, 7) is 0. The topological polar surface area (TPSA) is 93.1 Å². The Morgan fingerprint density at radius 1 is 1.27 bits per heavy atom. The van der Waals surface area contributed by atoms with Crippen molar-refractivity contribution in [3.8, 4) is 5.75 Å². The molecule has 1 aromatic rings. The van der Waals surface area contributed by atoms with Gasteiger partial charge in [-0.2, -0.15) is 0 Å². The maximum atomic E-state index is 12.3. The number of carbonyl (C=O) groups is 2. The third-order valence-corrected chi connectivity index (χ3v) is 2.62. The van der Waals surface area contributed by atoms with Gasteiger partial charge in [0.05, 0.1) is 7.11 Å². The van der Waals surface area contributed by atoms with E-state index in [1.165, 1.54) is 6.07 Å². The SMILES string of the molecule is COC(=O)CCc1cc(OC(F)(F)F)cc(C(O)C(=O)O)c1. The summed E-state index contributed by atoms with van der Waals surface area (Å²) in [5.74, 6) is -2.88. The molecule has 22 heavy (non-hydrogen) atoms. The first-order chi connectivity index (χ1) is 10.1. The van der Waals surface area contributed by atoms with E-state index in [-0.39, 0.29) is 24.0 Å². The molecule has 0 radical (unpaired) electrons. The maximum Gasteiger partial charge on any atom is 0.573 e. The van der Waals surface area contributed by atoms with E-state index in [4.69, 9.17) is 5.11 Å². The summed E-state index contributed by atoms with van der Waals surface area (Å²) in [6, 6.07) is 2.97. The largest absolute Gasteiger partial charge is 0.573 e. The predicted molar refractivity (Wildman–Crippen MR) is 66.1 cm³/mol. The number of carboxylic acid groups (broad SMARTS) is 1. The fourth-order valence-electron chi connectivity index (χ4n) is 1.67. The first-order valence-corrected chi connectivity index (χ1v) is 5.99. The number of aliphatic carboxylic acids is 1. The summed E-state index contributed by atoms with van der Waals surface area (Å²) in [7, 11) is 1.16. The highest BCUT2D eigenvalue weighted by molar-refractivity contribution is 5.74. The predicted octanol–water partition coefficient (Wildman–Crippen LogP) is 1.81. The first-order valence-electron chi connectivity index (χ1n) is 5.99. The van der Waals surface area contributed by atoms with Crippen LogP contribution in [-0.2, 0) is 20.7 Å². The van der Waals surface area contributed by atoms with E-state index in [1.807, 2.05) is 0 Å².